The van der Waals surface area contributed by atoms with Crippen LogP contribution in [0.1, 0.15) is 31.2 Å². The summed E-state index contributed by atoms with van der Waals surface area (Å²) in [7, 11) is -1.06. The Morgan fingerprint density at radius 2 is 2.09 bits per heavy atom. The number of hydrogen-bond acceptors (Lipinski definition) is 5. The van der Waals surface area contributed by atoms with Crippen molar-refractivity contribution >= 4 is 9.84 Å². The minimum absolute atomic E-state index is 0.0628. The number of sulfone groups is 1. The molecule has 2 atom stereocenters. The first-order valence-electron chi connectivity index (χ1n) is 7.94. The van der Waals surface area contributed by atoms with Crippen LogP contribution in [0.15, 0.2) is 24.3 Å². The van der Waals surface area contributed by atoms with Gasteiger partial charge < -0.3 is 4.74 Å². The van der Waals surface area contributed by atoms with Crippen LogP contribution in [0.4, 0.5) is 0 Å². The summed E-state index contributed by atoms with van der Waals surface area (Å²) in [6.07, 6.45) is 5.07. The molecule has 0 spiro atoms. The van der Waals surface area contributed by atoms with Crippen LogP contribution in [0.2, 0.25) is 0 Å². The smallest absolute Gasteiger partial charge is 0.151 e. The monoisotopic (exact) mass is 336 g/mol. The second-order valence-electron chi connectivity index (χ2n) is 6.19. The molecule has 5 nitrogen and oxygen atoms in total. The van der Waals surface area contributed by atoms with E-state index in [4.69, 9.17) is 10.00 Å². The lowest BCUT2D eigenvalue weighted by Gasteiger charge is -2.36. The standard InChI is InChI=1S/C17H24N2O3S/c1-19(16-8-3-4-9-17(16)23(2,20)21)10-11-22-15-7-5-6-14(12-15)13-18/h5-7,12,16-17H,3-4,8-11H2,1-2H3. The zero-order valence-electron chi connectivity index (χ0n) is 13.7. The number of likely N-dealkylation sites (N-methyl/N-ethyl adjacent to an activating group) is 1. The maximum absolute atomic E-state index is 12.0. The summed E-state index contributed by atoms with van der Waals surface area (Å²) in [4.78, 5) is 2.10. The largest absolute Gasteiger partial charge is 0.492 e. The van der Waals surface area contributed by atoms with Crippen LogP contribution >= 0.6 is 0 Å². The summed E-state index contributed by atoms with van der Waals surface area (Å²) in [5, 5.41) is 8.61. The van der Waals surface area contributed by atoms with E-state index in [1.807, 2.05) is 13.1 Å². The summed E-state index contributed by atoms with van der Waals surface area (Å²) < 4.78 is 29.6. The normalized spacial score (nSPS) is 21.8. The fourth-order valence-corrected chi connectivity index (χ4v) is 4.72. The maximum Gasteiger partial charge on any atom is 0.151 e. The molecular formula is C17H24N2O3S. The molecule has 1 saturated carbocycles. The average Bonchev–Trinajstić information content (AvgIpc) is 2.54. The molecule has 2 unspecified atom stereocenters. The fourth-order valence-electron chi connectivity index (χ4n) is 3.21. The van der Waals surface area contributed by atoms with E-state index >= 15 is 0 Å². The zero-order valence-corrected chi connectivity index (χ0v) is 14.6. The van der Waals surface area contributed by atoms with Gasteiger partial charge in [-0.3, -0.25) is 4.90 Å². The second kappa shape index (κ2) is 7.80. The Balaban J connectivity index is 1.90. The second-order valence-corrected chi connectivity index (χ2v) is 8.45. The molecule has 6 heteroatoms. The number of ether oxygens (including phenoxy) is 1. The molecule has 1 aliphatic rings. The third-order valence-corrected chi connectivity index (χ3v) is 6.11. The van der Waals surface area contributed by atoms with E-state index in [0.717, 1.165) is 25.7 Å². The maximum atomic E-state index is 12.0. The molecule has 23 heavy (non-hydrogen) atoms. The highest BCUT2D eigenvalue weighted by atomic mass is 32.2. The zero-order chi connectivity index (χ0) is 16.9. The minimum Gasteiger partial charge on any atom is -0.492 e. The van der Waals surface area contributed by atoms with E-state index in [0.29, 0.717) is 24.5 Å². The van der Waals surface area contributed by atoms with Gasteiger partial charge in [0.05, 0.1) is 16.9 Å². The lowest BCUT2D eigenvalue weighted by molar-refractivity contribution is 0.162. The number of rotatable bonds is 6. The predicted octanol–water partition coefficient (Wildman–Crippen LogP) is 2.22. The van der Waals surface area contributed by atoms with Gasteiger partial charge in [0.1, 0.15) is 12.4 Å². The lowest BCUT2D eigenvalue weighted by Crippen LogP contribution is -2.48. The van der Waals surface area contributed by atoms with Gasteiger partial charge >= 0.3 is 0 Å². The molecule has 1 aromatic carbocycles. The van der Waals surface area contributed by atoms with Crippen molar-refractivity contribution in [3.63, 3.8) is 0 Å². The highest BCUT2D eigenvalue weighted by molar-refractivity contribution is 7.91. The van der Waals surface area contributed by atoms with Gasteiger partial charge in [-0.15, -0.1) is 0 Å². The average molecular weight is 336 g/mol. The Labute approximate surface area is 138 Å². The molecule has 1 fully saturated rings. The van der Waals surface area contributed by atoms with Gasteiger partial charge in [0.2, 0.25) is 0 Å². The van der Waals surface area contributed by atoms with Crippen molar-refractivity contribution in [2.45, 2.75) is 37.0 Å². The third-order valence-electron chi connectivity index (χ3n) is 4.46. The molecule has 0 amide bonds. The van der Waals surface area contributed by atoms with Crippen LogP contribution < -0.4 is 4.74 Å². The highest BCUT2D eigenvalue weighted by Crippen LogP contribution is 2.27. The Bertz CT molecular complexity index is 667. The molecule has 0 saturated heterocycles. The van der Waals surface area contributed by atoms with Gasteiger partial charge in [-0.25, -0.2) is 8.42 Å². The van der Waals surface area contributed by atoms with Gasteiger partial charge in [0.25, 0.3) is 0 Å². The number of benzene rings is 1. The van der Waals surface area contributed by atoms with Crippen molar-refractivity contribution in [3.05, 3.63) is 29.8 Å². The topological polar surface area (TPSA) is 70.4 Å². The van der Waals surface area contributed by atoms with E-state index in [1.165, 1.54) is 6.26 Å². The molecule has 0 aliphatic heterocycles. The Kier molecular flexibility index (Phi) is 6.03. The van der Waals surface area contributed by atoms with Crippen molar-refractivity contribution in [3.8, 4) is 11.8 Å². The third kappa shape index (κ3) is 4.95. The molecule has 2 rings (SSSR count). The Morgan fingerprint density at radius 3 is 2.78 bits per heavy atom. The van der Waals surface area contributed by atoms with Gasteiger partial charge in [0.15, 0.2) is 9.84 Å². The number of nitrogens with zero attached hydrogens (tertiary/aromatic N) is 2. The van der Waals surface area contributed by atoms with Crippen LogP contribution in [0.25, 0.3) is 0 Å². The predicted molar refractivity (Wildman–Crippen MR) is 90.2 cm³/mol. The summed E-state index contributed by atoms with van der Waals surface area (Å²) in [5.41, 5.74) is 0.570. The molecule has 1 aromatic rings. The van der Waals surface area contributed by atoms with Crippen molar-refractivity contribution in [2.75, 3.05) is 26.5 Å². The molecule has 126 valence electrons. The molecular weight excluding hydrogens is 312 g/mol. The van der Waals surface area contributed by atoms with Crippen molar-refractivity contribution < 1.29 is 13.2 Å². The van der Waals surface area contributed by atoms with E-state index in [9.17, 15) is 8.42 Å². The molecule has 0 radical (unpaired) electrons. The van der Waals surface area contributed by atoms with Gasteiger partial charge in [-0.2, -0.15) is 5.26 Å². The van der Waals surface area contributed by atoms with E-state index in [1.54, 1.807) is 18.2 Å². The van der Waals surface area contributed by atoms with E-state index in [2.05, 4.69) is 11.0 Å². The van der Waals surface area contributed by atoms with Crippen LogP contribution in [0, 0.1) is 11.3 Å². The summed E-state index contributed by atoms with van der Waals surface area (Å²) in [6, 6.07) is 9.20. The van der Waals surface area contributed by atoms with Crippen LogP contribution in [-0.2, 0) is 9.84 Å². The first-order valence-corrected chi connectivity index (χ1v) is 9.89. The number of nitriles is 1. The highest BCUT2D eigenvalue weighted by Gasteiger charge is 2.34. The molecule has 1 aliphatic carbocycles. The quantitative estimate of drug-likeness (QED) is 0.796. The van der Waals surface area contributed by atoms with E-state index < -0.39 is 9.84 Å². The van der Waals surface area contributed by atoms with Crippen LogP contribution in [0.3, 0.4) is 0 Å². The summed E-state index contributed by atoms with van der Waals surface area (Å²) >= 11 is 0. The first-order chi connectivity index (χ1) is 10.9. The molecule has 0 bridgehead atoms. The van der Waals surface area contributed by atoms with Crippen LogP contribution in [0.5, 0.6) is 5.75 Å². The Hall–Kier alpha value is -1.58. The van der Waals surface area contributed by atoms with Crippen LogP contribution in [-0.4, -0.2) is 51.1 Å². The van der Waals surface area contributed by atoms with Crippen molar-refractivity contribution in [1.82, 2.24) is 4.90 Å². The van der Waals surface area contributed by atoms with Crippen molar-refractivity contribution in [1.29, 1.82) is 5.26 Å². The number of hydrogen-bond donors (Lipinski definition) is 0. The molecule has 0 heterocycles. The molecule has 0 N–H and O–H groups in total. The summed E-state index contributed by atoms with van der Waals surface area (Å²) in [5.74, 6) is 0.667. The first kappa shape index (κ1) is 17.8. The Morgan fingerprint density at radius 1 is 1.35 bits per heavy atom. The SMILES string of the molecule is CN(CCOc1cccc(C#N)c1)C1CCCCC1S(C)(=O)=O. The summed E-state index contributed by atoms with van der Waals surface area (Å²) in [6.45, 7) is 1.13. The molecule has 0 aromatic heterocycles. The lowest BCUT2D eigenvalue weighted by atomic mass is 9.94. The van der Waals surface area contributed by atoms with Gasteiger partial charge in [-0.1, -0.05) is 18.9 Å². The van der Waals surface area contributed by atoms with E-state index in [-0.39, 0.29) is 11.3 Å². The van der Waals surface area contributed by atoms with Gasteiger partial charge in [0, 0.05) is 18.8 Å². The minimum atomic E-state index is -3.02. The fraction of sp³-hybridized carbons (Fsp3) is 0.588. The van der Waals surface area contributed by atoms with Gasteiger partial charge in [-0.05, 0) is 38.1 Å². The van der Waals surface area contributed by atoms with Crippen molar-refractivity contribution in [2.24, 2.45) is 0 Å².